The number of fused-ring (bicyclic) bond motifs is 1. The fourth-order valence-electron chi connectivity index (χ4n) is 3.62. The average Bonchev–Trinajstić information content (AvgIpc) is 2.53. The lowest BCUT2D eigenvalue weighted by molar-refractivity contribution is -0.00907. The molecule has 1 aliphatic heterocycles. The highest BCUT2D eigenvalue weighted by molar-refractivity contribution is 5.60. The van der Waals surface area contributed by atoms with Gasteiger partial charge in [-0.3, -0.25) is 0 Å². The van der Waals surface area contributed by atoms with Crippen LogP contribution in [0.2, 0.25) is 0 Å². The molecule has 0 spiro atoms. The van der Waals surface area contributed by atoms with Crippen LogP contribution in [0.4, 0.5) is 11.6 Å². The molecule has 1 aromatic rings. The molecule has 21 heavy (non-hydrogen) atoms. The molecule has 0 radical (unpaired) electrons. The number of ether oxygens (including phenoxy) is 1. The number of nitrogen functional groups attached to an aromatic ring is 1. The first-order valence-corrected chi connectivity index (χ1v) is 7.92. The lowest BCUT2D eigenvalue weighted by Crippen LogP contribution is -2.53. The molecule has 0 aromatic carbocycles. The summed E-state index contributed by atoms with van der Waals surface area (Å²) in [6, 6.07) is 0.436. The fourth-order valence-corrected chi connectivity index (χ4v) is 3.62. The molecule has 1 aromatic heterocycles. The highest BCUT2D eigenvalue weighted by atomic mass is 16.5. The second-order valence-electron chi connectivity index (χ2n) is 6.21. The van der Waals surface area contributed by atoms with Gasteiger partial charge in [0.1, 0.15) is 18.0 Å². The molecule has 3 N–H and O–H groups in total. The number of hydrazine groups is 1. The molecule has 2 aliphatic rings. The quantitative estimate of drug-likeness (QED) is 0.655. The van der Waals surface area contributed by atoms with Crippen molar-refractivity contribution in [3.05, 3.63) is 11.9 Å². The van der Waals surface area contributed by atoms with Crippen LogP contribution in [0.25, 0.3) is 0 Å². The van der Waals surface area contributed by atoms with Crippen LogP contribution in [0.5, 0.6) is 0 Å². The Kier molecular flexibility index (Phi) is 4.26. The molecule has 2 fully saturated rings. The van der Waals surface area contributed by atoms with E-state index in [-0.39, 0.29) is 0 Å². The summed E-state index contributed by atoms with van der Waals surface area (Å²) >= 11 is 0. The van der Waals surface area contributed by atoms with E-state index in [1.807, 2.05) is 0 Å². The van der Waals surface area contributed by atoms with E-state index in [9.17, 15) is 0 Å². The SMILES string of the molecule is CC(C)c1c(NN)ncnc1N1CCOC2CCCCC21. The Morgan fingerprint density at radius 2 is 2.14 bits per heavy atom. The van der Waals surface area contributed by atoms with Gasteiger partial charge in [0.2, 0.25) is 0 Å². The van der Waals surface area contributed by atoms with Crippen molar-refractivity contribution in [2.75, 3.05) is 23.5 Å². The van der Waals surface area contributed by atoms with Crippen molar-refractivity contribution in [1.29, 1.82) is 0 Å². The smallest absolute Gasteiger partial charge is 0.148 e. The normalized spacial score (nSPS) is 25.8. The van der Waals surface area contributed by atoms with E-state index >= 15 is 0 Å². The molecule has 6 heteroatoms. The number of anilines is 2. The largest absolute Gasteiger partial charge is 0.374 e. The minimum absolute atomic E-state index is 0.317. The van der Waals surface area contributed by atoms with Crippen LogP contribution < -0.4 is 16.2 Å². The van der Waals surface area contributed by atoms with Gasteiger partial charge in [0.15, 0.2) is 0 Å². The highest BCUT2D eigenvalue weighted by Crippen LogP contribution is 2.36. The minimum atomic E-state index is 0.317. The van der Waals surface area contributed by atoms with E-state index in [1.165, 1.54) is 19.3 Å². The van der Waals surface area contributed by atoms with Gasteiger partial charge in [-0.15, -0.1) is 0 Å². The number of hydrogen-bond donors (Lipinski definition) is 2. The molecule has 0 bridgehead atoms. The standard InChI is InChI=1S/C15H25N5O/c1-10(2)13-14(19-16)17-9-18-15(13)20-7-8-21-12-6-4-3-5-11(12)20/h9-12H,3-8,16H2,1-2H3,(H,17,18,19). The Bertz CT molecular complexity index is 491. The molecule has 1 aliphatic carbocycles. The maximum Gasteiger partial charge on any atom is 0.148 e. The lowest BCUT2D eigenvalue weighted by atomic mass is 9.89. The predicted octanol–water partition coefficient (Wildman–Crippen LogP) is 2.03. The van der Waals surface area contributed by atoms with Crippen molar-refractivity contribution in [3.8, 4) is 0 Å². The summed E-state index contributed by atoms with van der Waals surface area (Å²) in [7, 11) is 0. The van der Waals surface area contributed by atoms with Gasteiger partial charge >= 0.3 is 0 Å². The highest BCUT2D eigenvalue weighted by Gasteiger charge is 2.36. The van der Waals surface area contributed by atoms with E-state index in [0.717, 1.165) is 36.8 Å². The van der Waals surface area contributed by atoms with Crippen LogP contribution in [0.1, 0.15) is 51.0 Å². The average molecular weight is 291 g/mol. The van der Waals surface area contributed by atoms with E-state index < -0.39 is 0 Å². The van der Waals surface area contributed by atoms with Gasteiger partial charge in [-0.05, 0) is 18.8 Å². The summed E-state index contributed by atoms with van der Waals surface area (Å²) in [5, 5.41) is 0. The summed E-state index contributed by atoms with van der Waals surface area (Å²) < 4.78 is 5.97. The van der Waals surface area contributed by atoms with Gasteiger partial charge < -0.3 is 15.1 Å². The topological polar surface area (TPSA) is 76.3 Å². The maximum atomic E-state index is 5.97. The molecule has 2 atom stereocenters. The van der Waals surface area contributed by atoms with Crippen LogP contribution in [-0.4, -0.2) is 35.3 Å². The zero-order valence-electron chi connectivity index (χ0n) is 12.9. The first kappa shape index (κ1) is 14.5. The van der Waals surface area contributed by atoms with Crippen molar-refractivity contribution in [1.82, 2.24) is 9.97 Å². The molecule has 0 amide bonds. The third kappa shape index (κ3) is 2.70. The summed E-state index contributed by atoms with van der Waals surface area (Å²) in [5.74, 6) is 7.70. The van der Waals surface area contributed by atoms with Crippen LogP contribution in [0.3, 0.4) is 0 Å². The summed E-state index contributed by atoms with van der Waals surface area (Å²) in [6.07, 6.45) is 6.82. The van der Waals surface area contributed by atoms with E-state index in [0.29, 0.717) is 18.1 Å². The molecule has 1 saturated heterocycles. The third-order valence-electron chi connectivity index (χ3n) is 4.58. The molecular formula is C15H25N5O. The third-order valence-corrected chi connectivity index (χ3v) is 4.58. The van der Waals surface area contributed by atoms with Gasteiger partial charge in [-0.1, -0.05) is 26.7 Å². The second-order valence-corrected chi connectivity index (χ2v) is 6.21. The summed E-state index contributed by atoms with van der Waals surface area (Å²) in [5.41, 5.74) is 3.82. The first-order chi connectivity index (χ1) is 10.2. The summed E-state index contributed by atoms with van der Waals surface area (Å²) in [6.45, 7) is 5.97. The number of morpholine rings is 1. The number of rotatable bonds is 3. The number of aromatic nitrogens is 2. The van der Waals surface area contributed by atoms with Gasteiger partial charge in [0.05, 0.1) is 18.8 Å². The number of hydrogen-bond acceptors (Lipinski definition) is 6. The van der Waals surface area contributed by atoms with E-state index in [4.69, 9.17) is 10.6 Å². The van der Waals surface area contributed by atoms with Crippen molar-refractivity contribution in [2.24, 2.45) is 5.84 Å². The molecule has 116 valence electrons. The summed E-state index contributed by atoms with van der Waals surface area (Å²) in [4.78, 5) is 11.3. The number of nitrogens with one attached hydrogen (secondary N) is 1. The van der Waals surface area contributed by atoms with E-state index in [1.54, 1.807) is 6.33 Å². The molecule has 2 unspecified atom stereocenters. The molecule has 3 rings (SSSR count). The number of nitrogens with zero attached hydrogens (tertiary/aromatic N) is 3. The molecule has 2 heterocycles. The van der Waals surface area contributed by atoms with Crippen molar-refractivity contribution in [3.63, 3.8) is 0 Å². The molecule has 6 nitrogen and oxygen atoms in total. The van der Waals surface area contributed by atoms with Crippen molar-refractivity contribution < 1.29 is 4.74 Å². The van der Waals surface area contributed by atoms with Crippen LogP contribution >= 0.6 is 0 Å². The lowest BCUT2D eigenvalue weighted by Gasteiger charge is -2.45. The van der Waals surface area contributed by atoms with Crippen molar-refractivity contribution >= 4 is 11.6 Å². The van der Waals surface area contributed by atoms with Gasteiger partial charge in [0, 0.05) is 12.1 Å². The second kappa shape index (κ2) is 6.15. The first-order valence-electron chi connectivity index (χ1n) is 7.92. The van der Waals surface area contributed by atoms with Crippen molar-refractivity contribution in [2.45, 2.75) is 57.6 Å². The van der Waals surface area contributed by atoms with Crippen LogP contribution in [0, 0.1) is 0 Å². The van der Waals surface area contributed by atoms with Crippen LogP contribution in [-0.2, 0) is 4.74 Å². The fraction of sp³-hybridized carbons (Fsp3) is 0.733. The van der Waals surface area contributed by atoms with Gasteiger partial charge in [-0.2, -0.15) is 0 Å². The van der Waals surface area contributed by atoms with E-state index in [2.05, 4.69) is 34.1 Å². The van der Waals surface area contributed by atoms with Gasteiger partial charge in [0.25, 0.3) is 0 Å². The Morgan fingerprint density at radius 3 is 2.90 bits per heavy atom. The Morgan fingerprint density at radius 1 is 1.33 bits per heavy atom. The predicted molar refractivity (Wildman–Crippen MR) is 83.3 cm³/mol. The molecular weight excluding hydrogens is 266 g/mol. The maximum absolute atomic E-state index is 5.97. The Labute approximate surface area is 126 Å². The van der Waals surface area contributed by atoms with Gasteiger partial charge in [-0.25, -0.2) is 15.8 Å². The minimum Gasteiger partial charge on any atom is -0.374 e. The Balaban J connectivity index is 1.98. The van der Waals surface area contributed by atoms with Crippen LogP contribution in [0.15, 0.2) is 6.33 Å². The molecule has 1 saturated carbocycles. The zero-order chi connectivity index (χ0) is 14.8. The monoisotopic (exact) mass is 291 g/mol. The Hall–Kier alpha value is -1.40. The zero-order valence-corrected chi connectivity index (χ0v) is 12.9. The number of nitrogens with two attached hydrogens (primary N) is 1.